The lowest BCUT2D eigenvalue weighted by molar-refractivity contribution is 0.274. The first kappa shape index (κ1) is 12.8. The van der Waals surface area contributed by atoms with E-state index in [9.17, 15) is 4.39 Å². The standard InChI is InChI=1S/C15H16FN3O/c1-9-13(16)15(17-2)19-14(18-9)11-7-8-20-12-6-4-3-5-10(11)12/h3-6,11H,7-8H2,1-2H3,(H,17,18,19). The smallest absolute Gasteiger partial charge is 0.186 e. The van der Waals surface area contributed by atoms with Gasteiger partial charge in [0.2, 0.25) is 0 Å². The maximum absolute atomic E-state index is 13.8. The minimum atomic E-state index is -0.392. The molecule has 1 atom stereocenters. The van der Waals surface area contributed by atoms with Gasteiger partial charge >= 0.3 is 0 Å². The minimum absolute atomic E-state index is 0.0475. The number of rotatable bonds is 2. The molecule has 1 aliphatic rings. The summed E-state index contributed by atoms with van der Waals surface area (Å²) >= 11 is 0. The molecule has 4 nitrogen and oxygen atoms in total. The molecule has 0 fully saturated rings. The summed E-state index contributed by atoms with van der Waals surface area (Å²) in [6, 6.07) is 7.87. The largest absolute Gasteiger partial charge is 0.493 e. The Morgan fingerprint density at radius 2 is 2.10 bits per heavy atom. The van der Waals surface area contributed by atoms with E-state index < -0.39 is 5.82 Å². The van der Waals surface area contributed by atoms with Crippen molar-refractivity contribution >= 4 is 5.82 Å². The van der Waals surface area contributed by atoms with E-state index in [0.29, 0.717) is 18.1 Å². The van der Waals surface area contributed by atoms with Crippen LogP contribution in [0.15, 0.2) is 24.3 Å². The second kappa shape index (κ2) is 5.07. The Morgan fingerprint density at radius 3 is 2.90 bits per heavy atom. The molecule has 1 aliphatic heterocycles. The van der Waals surface area contributed by atoms with Gasteiger partial charge in [0.25, 0.3) is 0 Å². The molecule has 2 aromatic rings. The van der Waals surface area contributed by atoms with Crippen molar-refractivity contribution in [2.24, 2.45) is 0 Å². The molecule has 2 heterocycles. The van der Waals surface area contributed by atoms with Crippen LogP contribution in [0.25, 0.3) is 0 Å². The van der Waals surface area contributed by atoms with Gasteiger partial charge in [0.15, 0.2) is 11.6 Å². The minimum Gasteiger partial charge on any atom is -0.493 e. The van der Waals surface area contributed by atoms with Crippen LogP contribution < -0.4 is 10.1 Å². The number of halogens is 1. The molecule has 0 saturated heterocycles. The first-order valence-corrected chi connectivity index (χ1v) is 6.64. The number of benzene rings is 1. The number of aromatic nitrogens is 2. The van der Waals surface area contributed by atoms with Crippen LogP contribution >= 0.6 is 0 Å². The first-order chi connectivity index (χ1) is 9.70. The van der Waals surface area contributed by atoms with Crippen LogP contribution in [0.4, 0.5) is 10.2 Å². The molecular formula is C15H16FN3O. The third-order valence-electron chi connectivity index (χ3n) is 3.54. The van der Waals surface area contributed by atoms with Gasteiger partial charge in [0.1, 0.15) is 11.6 Å². The number of hydrogen-bond acceptors (Lipinski definition) is 4. The van der Waals surface area contributed by atoms with Gasteiger partial charge in [-0.15, -0.1) is 0 Å². The van der Waals surface area contributed by atoms with Crippen molar-refractivity contribution in [2.45, 2.75) is 19.3 Å². The quantitative estimate of drug-likeness (QED) is 0.914. The summed E-state index contributed by atoms with van der Waals surface area (Å²) in [5.41, 5.74) is 1.43. The maximum atomic E-state index is 13.8. The van der Waals surface area contributed by atoms with Crippen LogP contribution in [0.5, 0.6) is 5.75 Å². The SMILES string of the molecule is CNc1nc(C2CCOc3ccccc32)nc(C)c1F. The van der Waals surface area contributed by atoms with E-state index >= 15 is 0 Å². The zero-order chi connectivity index (χ0) is 14.1. The number of ether oxygens (including phenoxy) is 1. The lowest BCUT2D eigenvalue weighted by Gasteiger charge is -2.25. The Bertz CT molecular complexity index is 645. The predicted octanol–water partition coefficient (Wildman–Crippen LogP) is 2.88. The summed E-state index contributed by atoms with van der Waals surface area (Å²) in [7, 11) is 1.66. The summed E-state index contributed by atoms with van der Waals surface area (Å²) in [4.78, 5) is 8.64. The Balaban J connectivity index is 2.09. The predicted molar refractivity (Wildman–Crippen MR) is 74.7 cm³/mol. The van der Waals surface area contributed by atoms with Crippen molar-refractivity contribution < 1.29 is 9.13 Å². The number of para-hydroxylation sites is 1. The van der Waals surface area contributed by atoms with Crippen LogP contribution in [-0.2, 0) is 0 Å². The summed E-state index contributed by atoms with van der Waals surface area (Å²) in [6.45, 7) is 2.28. The van der Waals surface area contributed by atoms with E-state index in [1.54, 1.807) is 14.0 Å². The summed E-state index contributed by atoms with van der Waals surface area (Å²) in [6.07, 6.45) is 0.797. The van der Waals surface area contributed by atoms with Gasteiger partial charge in [0.05, 0.1) is 18.2 Å². The van der Waals surface area contributed by atoms with E-state index in [1.165, 1.54) is 0 Å². The van der Waals surface area contributed by atoms with Gasteiger partial charge in [-0.05, 0) is 19.4 Å². The molecule has 0 saturated carbocycles. The zero-order valence-corrected chi connectivity index (χ0v) is 11.5. The van der Waals surface area contributed by atoms with Crippen molar-refractivity contribution in [3.05, 3.63) is 47.2 Å². The van der Waals surface area contributed by atoms with Gasteiger partial charge in [-0.3, -0.25) is 0 Å². The molecule has 5 heteroatoms. The van der Waals surface area contributed by atoms with Crippen LogP contribution in [0.1, 0.15) is 29.4 Å². The fourth-order valence-electron chi connectivity index (χ4n) is 2.51. The van der Waals surface area contributed by atoms with Crippen molar-refractivity contribution in [3.8, 4) is 5.75 Å². The van der Waals surface area contributed by atoms with Gasteiger partial charge in [0, 0.05) is 12.6 Å². The summed E-state index contributed by atoms with van der Waals surface area (Å²) in [5.74, 6) is 1.41. The van der Waals surface area contributed by atoms with Crippen molar-refractivity contribution in [2.75, 3.05) is 19.0 Å². The molecule has 0 radical (unpaired) electrons. The van der Waals surface area contributed by atoms with E-state index in [-0.39, 0.29) is 11.7 Å². The molecule has 1 aromatic heterocycles. The van der Waals surface area contributed by atoms with Crippen LogP contribution in [0, 0.1) is 12.7 Å². The van der Waals surface area contributed by atoms with E-state index in [2.05, 4.69) is 15.3 Å². The highest BCUT2D eigenvalue weighted by atomic mass is 19.1. The molecule has 20 heavy (non-hydrogen) atoms. The molecule has 1 aromatic carbocycles. The second-order valence-corrected chi connectivity index (χ2v) is 4.81. The van der Waals surface area contributed by atoms with Gasteiger partial charge < -0.3 is 10.1 Å². The van der Waals surface area contributed by atoms with Crippen LogP contribution in [0.3, 0.4) is 0 Å². The molecule has 1 N–H and O–H groups in total. The normalized spacial score (nSPS) is 17.2. The second-order valence-electron chi connectivity index (χ2n) is 4.81. The fraction of sp³-hybridized carbons (Fsp3) is 0.333. The topological polar surface area (TPSA) is 47.0 Å². The number of fused-ring (bicyclic) bond motifs is 1. The van der Waals surface area contributed by atoms with Crippen molar-refractivity contribution in [3.63, 3.8) is 0 Å². The highest BCUT2D eigenvalue weighted by Gasteiger charge is 2.26. The Kier molecular flexibility index (Phi) is 3.26. The highest BCUT2D eigenvalue weighted by molar-refractivity contribution is 5.43. The van der Waals surface area contributed by atoms with E-state index in [4.69, 9.17) is 4.74 Å². The lowest BCUT2D eigenvalue weighted by Crippen LogP contribution is -2.18. The van der Waals surface area contributed by atoms with Crippen molar-refractivity contribution in [1.29, 1.82) is 0 Å². The van der Waals surface area contributed by atoms with Gasteiger partial charge in [-0.25, -0.2) is 14.4 Å². The molecule has 0 bridgehead atoms. The monoisotopic (exact) mass is 273 g/mol. The number of hydrogen-bond donors (Lipinski definition) is 1. The fourth-order valence-corrected chi connectivity index (χ4v) is 2.51. The number of nitrogens with zero attached hydrogens (tertiary/aromatic N) is 2. The van der Waals surface area contributed by atoms with E-state index in [0.717, 1.165) is 17.7 Å². The Hall–Kier alpha value is -2.17. The highest BCUT2D eigenvalue weighted by Crippen LogP contribution is 2.37. The maximum Gasteiger partial charge on any atom is 0.186 e. The van der Waals surface area contributed by atoms with Crippen molar-refractivity contribution in [1.82, 2.24) is 9.97 Å². The average molecular weight is 273 g/mol. The van der Waals surface area contributed by atoms with E-state index in [1.807, 2.05) is 24.3 Å². The third-order valence-corrected chi connectivity index (χ3v) is 3.54. The molecule has 0 amide bonds. The molecule has 0 aliphatic carbocycles. The van der Waals surface area contributed by atoms with Gasteiger partial charge in [-0.2, -0.15) is 0 Å². The number of nitrogens with one attached hydrogen (secondary N) is 1. The Labute approximate surface area is 117 Å². The third kappa shape index (κ3) is 2.09. The van der Waals surface area contributed by atoms with Crippen LogP contribution in [0.2, 0.25) is 0 Å². The first-order valence-electron chi connectivity index (χ1n) is 6.64. The molecular weight excluding hydrogens is 257 g/mol. The zero-order valence-electron chi connectivity index (χ0n) is 11.5. The molecule has 0 spiro atoms. The van der Waals surface area contributed by atoms with Gasteiger partial charge in [-0.1, -0.05) is 18.2 Å². The average Bonchev–Trinajstić information content (AvgIpc) is 2.49. The summed E-state index contributed by atoms with van der Waals surface area (Å²) in [5, 5.41) is 2.78. The lowest BCUT2D eigenvalue weighted by atomic mass is 9.92. The number of anilines is 1. The molecule has 104 valence electrons. The number of aryl methyl sites for hydroxylation is 1. The molecule has 3 rings (SSSR count). The van der Waals surface area contributed by atoms with Crippen LogP contribution in [-0.4, -0.2) is 23.6 Å². The molecule has 1 unspecified atom stereocenters. The summed E-state index contributed by atoms with van der Waals surface area (Å²) < 4.78 is 19.5. The Morgan fingerprint density at radius 1 is 1.30 bits per heavy atom.